The van der Waals surface area contributed by atoms with Crippen LogP contribution in [0.5, 0.6) is 5.75 Å². The van der Waals surface area contributed by atoms with Crippen molar-refractivity contribution < 1.29 is 9.66 Å². The molecule has 0 saturated carbocycles. The largest absolute Gasteiger partial charge is 0.492 e. The van der Waals surface area contributed by atoms with Gasteiger partial charge in [0, 0.05) is 24.4 Å². The van der Waals surface area contributed by atoms with Crippen molar-refractivity contribution in [2.75, 3.05) is 11.9 Å². The highest BCUT2D eigenvalue weighted by Crippen LogP contribution is 2.26. The van der Waals surface area contributed by atoms with Gasteiger partial charge in [-0.25, -0.2) is 0 Å². The number of benzene rings is 2. The van der Waals surface area contributed by atoms with Gasteiger partial charge in [-0.1, -0.05) is 23.7 Å². The van der Waals surface area contributed by atoms with E-state index in [0.717, 1.165) is 5.56 Å². The smallest absolute Gasteiger partial charge is 0.271 e. The van der Waals surface area contributed by atoms with E-state index in [1.54, 1.807) is 12.1 Å². The van der Waals surface area contributed by atoms with Crippen molar-refractivity contribution in [1.82, 2.24) is 0 Å². The van der Waals surface area contributed by atoms with Gasteiger partial charge in [0.05, 0.1) is 16.6 Å². The molecule has 6 heteroatoms. The van der Waals surface area contributed by atoms with E-state index in [1.165, 1.54) is 12.1 Å². The Morgan fingerprint density at radius 3 is 2.76 bits per heavy atom. The topological polar surface area (TPSA) is 64.4 Å². The van der Waals surface area contributed by atoms with E-state index < -0.39 is 4.92 Å². The van der Waals surface area contributed by atoms with E-state index in [2.05, 4.69) is 5.32 Å². The zero-order chi connectivity index (χ0) is 15.2. The fourth-order valence-corrected chi connectivity index (χ4v) is 2.12. The van der Waals surface area contributed by atoms with Crippen LogP contribution in [0.1, 0.15) is 12.5 Å². The zero-order valence-electron chi connectivity index (χ0n) is 11.5. The molecule has 0 amide bonds. The second-order valence-corrected chi connectivity index (χ2v) is 4.77. The Bertz CT molecular complexity index is 647. The number of nitrogens with one attached hydrogen (secondary N) is 1. The Balaban J connectivity index is 2.04. The average molecular weight is 307 g/mol. The van der Waals surface area contributed by atoms with Crippen LogP contribution < -0.4 is 10.1 Å². The summed E-state index contributed by atoms with van der Waals surface area (Å²) < 4.78 is 5.37. The third kappa shape index (κ3) is 4.10. The predicted octanol–water partition coefficient (Wildman–Crippen LogP) is 4.26. The number of anilines is 1. The fraction of sp³-hybridized carbons (Fsp3) is 0.200. The first-order valence-electron chi connectivity index (χ1n) is 6.49. The summed E-state index contributed by atoms with van der Waals surface area (Å²) in [6, 6.07) is 11.9. The molecule has 1 N–H and O–H groups in total. The minimum atomic E-state index is -0.418. The molecular formula is C15H15ClN2O3. The van der Waals surface area contributed by atoms with Crippen LogP contribution in [0, 0.1) is 10.1 Å². The highest BCUT2D eigenvalue weighted by atomic mass is 35.5. The quantitative estimate of drug-likeness (QED) is 0.640. The molecule has 0 aliphatic rings. The van der Waals surface area contributed by atoms with E-state index >= 15 is 0 Å². The van der Waals surface area contributed by atoms with Gasteiger partial charge in [0.2, 0.25) is 0 Å². The van der Waals surface area contributed by atoms with Gasteiger partial charge >= 0.3 is 0 Å². The van der Waals surface area contributed by atoms with Gasteiger partial charge in [0.25, 0.3) is 5.69 Å². The van der Waals surface area contributed by atoms with Gasteiger partial charge in [-0.2, -0.15) is 0 Å². The fourth-order valence-electron chi connectivity index (χ4n) is 1.86. The molecule has 5 nitrogen and oxygen atoms in total. The highest BCUT2D eigenvalue weighted by Gasteiger charge is 2.06. The molecule has 2 aromatic carbocycles. The third-order valence-corrected chi connectivity index (χ3v) is 3.15. The van der Waals surface area contributed by atoms with Gasteiger partial charge in [-0.3, -0.25) is 10.1 Å². The van der Waals surface area contributed by atoms with Gasteiger partial charge < -0.3 is 10.1 Å². The molecule has 0 atom stereocenters. The van der Waals surface area contributed by atoms with Crippen LogP contribution >= 0.6 is 11.6 Å². The average Bonchev–Trinajstić information content (AvgIpc) is 2.48. The summed E-state index contributed by atoms with van der Waals surface area (Å²) in [4.78, 5) is 10.3. The van der Waals surface area contributed by atoms with Crippen molar-refractivity contribution in [3.8, 4) is 5.75 Å². The minimum Gasteiger partial charge on any atom is -0.492 e. The molecule has 2 aromatic rings. The molecule has 0 bridgehead atoms. The standard InChI is InChI=1S/C15H15ClN2O3/c1-2-21-15-7-6-11(8-14(15)16)10-17-12-4-3-5-13(9-12)18(19)20/h3-9,17H,2,10H2,1H3. The third-order valence-electron chi connectivity index (χ3n) is 2.85. The number of rotatable bonds is 6. The van der Waals surface area contributed by atoms with E-state index in [1.807, 2.05) is 25.1 Å². The van der Waals surface area contributed by atoms with Crippen LogP contribution in [-0.2, 0) is 6.54 Å². The molecule has 0 saturated heterocycles. The van der Waals surface area contributed by atoms with Crippen LogP contribution in [0.25, 0.3) is 0 Å². The molecule has 0 spiro atoms. The van der Waals surface area contributed by atoms with Crippen molar-refractivity contribution in [3.05, 3.63) is 63.2 Å². The number of halogens is 1. The summed E-state index contributed by atoms with van der Waals surface area (Å²) in [5.41, 5.74) is 1.72. The Morgan fingerprint density at radius 2 is 2.10 bits per heavy atom. The van der Waals surface area contributed by atoms with Crippen LogP contribution in [0.15, 0.2) is 42.5 Å². The van der Waals surface area contributed by atoms with Crippen LogP contribution in [0.3, 0.4) is 0 Å². The van der Waals surface area contributed by atoms with Crippen molar-refractivity contribution in [1.29, 1.82) is 0 Å². The lowest BCUT2D eigenvalue weighted by Gasteiger charge is -2.09. The number of non-ortho nitro benzene ring substituents is 1. The van der Waals surface area contributed by atoms with E-state index in [4.69, 9.17) is 16.3 Å². The van der Waals surface area contributed by atoms with Crippen molar-refractivity contribution in [2.24, 2.45) is 0 Å². The van der Waals surface area contributed by atoms with Crippen LogP contribution in [-0.4, -0.2) is 11.5 Å². The van der Waals surface area contributed by atoms with Crippen molar-refractivity contribution in [3.63, 3.8) is 0 Å². The second kappa shape index (κ2) is 6.95. The highest BCUT2D eigenvalue weighted by molar-refractivity contribution is 6.32. The molecule has 0 unspecified atom stereocenters. The van der Waals surface area contributed by atoms with Gasteiger partial charge in [-0.05, 0) is 30.7 Å². The van der Waals surface area contributed by atoms with Crippen molar-refractivity contribution in [2.45, 2.75) is 13.5 Å². The Hall–Kier alpha value is -2.27. The first kappa shape index (κ1) is 15.1. The molecule has 21 heavy (non-hydrogen) atoms. The number of hydrogen-bond acceptors (Lipinski definition) is 4. The summed E-state index contributed by atoms with van der Waals surface area (Å²) in [5.74, 6) is 0.651. The number of nitro benzene ring substituents is 1. The maximum absolute atomic E-state index is 10.7. The SMILES string of the molecule is CCOc1ccc(CNc2cccc([N+](=O)[O-])c2)cc1Cl. The summed E-state index contributed by atoms with van der Waals surface area (Å²) >= 11 is 6.11. The predicted molar refractivity (Wildman–Crippen MR) is 83.0 cm³/mol. The molecule has 0 aliphatic carbocycles. The second-order valence-electron chi connectivity index (χ2n) is 4.36. The van der Waals surface area contributed by atoms with E-state index in [0.29, 0.717) is 29.6 Å². The normalized spacial score (nSPS) is 10.2. The van der Waals surface area contributed by atoms with Crippen molar-refractivity contribution >= 4 is 23.0 Å². The van der Waals surface area contributed by atoms with Gasteiger partial charge in [0.1, 0.15) is 5.75 Å². The molecule has 2 rings (SSSR count). The lowest BCUT2D eigenvalue weighted by atomic mass is 10.2. The van der Waals surface area contributed by atoms with Gasteiger partial charge in [0.15, 0.2) is 0 Å². The van der Waals surface area contributed by atoms with E-state index in [9.17, 15) is 10.1 Å². The maximum atomic E-state index is 10.7. The number of hydrogen-bond donors (Lipinski definition) is 1. The lowest BCUT2D eigenvalue weighted by molar-refractivity contribution is -0.384. The first-order valence-corrected chi connectivity index (χ1v) is 6.87. The lowest BCUT2D eigenvalue weighted by Crippen LogP contribution is -2.00. The number of nitro groups is 1. The Kier molecular flexibility index (Phi) is 5.00. The maximum Gasteiger partial charge on any atom is 0.271 e. The summed E-state index contributed by atoms with van der Waals surface area (Å²) in [6.07, 6.45) is 0. The molecule has 0 fully saturated rings. The molecule has 110 valence electrons. The summed E-state index contributed by atoms with van der Waals surface area (Å²) in [7, 11) is 0. The summed E-state index contributed by atoms with van der Waals surface area (Å²) in [6.45, 7) is 2.98. The molecule has 0 heterocycles. The zero-order valence-corrected chi connectivity index (χ0v) is 12.3. The monoisotopic (exact) mass is 306 g/mol. The summed E-state index contributed by atoms with van der Waals surface area (Å²) in [5, 5.41) is 14.4. The number of nitrogens with zero attached hydrogens (tertiary/aromatic N) is 1. The van der Waals surface area contributed by atoms with E-state index in [-0.39, 0.29) is 5.69 Å². The van der Waals surface area contributed by atoms with Crippen LogP contribution in [0.2, 0.25) is 5.02 Å². The van der Waals surface area contributed by atoms with Gasteiger partial charge in [-0.15, -0.1) is 0 Å². The number of ether oxygens (including phenoxy) is 1. The first-order chi connectivity index (χ1) is 10.1. The molecule has 0 radical (unpaired) electrons. The molecular weight excluding hydrogens is 292 g/mol. The molecule has 0 aliphatic heterocycles. The van der Waals surface area contributed by atoms with Crippen LogP contribution in [0.4, 0.5) is 11.4 Å². The minimum absolute atomic E-state index is 0.0599. The Morgan fingerprint density at radius 1 is 1.29 bits per heavy atom. The Labute approximate surface area is 127 Å². The molecule has 0 aromatic heterocycles.